The van der Waals surface area contributed by atoms with Gasteiger partial charge in [-0.3, -0.25) is 9.59 Å². The summed E-state index contributed by atoms with van der Waals surface area (Å²) in [4.78, 5) is 27.1. The number of likely N-dealkylation sites (tertiary alicyclic amines) is 2. The molecule has 17 heavy (non-hydrogen) atoms. The third-order valence-corrected chi connectivity index (χ3v) is 3.73. The maximum atomic E-state index is 11.7. The predicted molar refractivity (Wildman–Crippen MR) is 65.4 cm³/mol. The van der Waals surface area contributed by atoms with Crippen LogP contribution in [0.15, 0.2) is 12.7 Å². The lowest BCUT2D eigenvalue weighted by molar-refractivity contribution is -0.129. The molecule has 4 heteroatoms. The van der Waals surface area contributed by atoms with Crippen molar-refractivity contribution in [2.45, 2.75) is 38.1 Å². The Bertz CT molecular complexity index is 327. The van der Waals surface area contributed by atoms with Gasteiger partial charge in [-0.1, -0.05) is 6.58 Å². The van der Waals surface area contributed by atoms with E-state index in [1.54, 1.807) is 0 Å². The van der Waals surface area contributed by atoms with Gasteiger partial charge in [-0.2, -0.15) is 0 Å². The van der Waals surface area contributed by atoms with E-state index in [9.17, 15) is 9.59 Å². The maximum Gasteiger partial charge on any atom is 0.245 e. The molecule has 0 aromatic carbocycles. The Labute approximate surface area is 102 Å². The summed E-state index contributed by atoms with van der Waals surface area (Å²) in [5, 5.41) is 0. The first kappa shape index (κ1) is 12.1. The molecule has 0 aliphatic carbocycles. The van der Waals surface area contributed by atoms with Crippen molar-refractivity contribution in [3.63, 3.8) is 0 Å². The Morgan fingerprint density at radius 1 is 1.24 bits per heavy atom. The van der Waals surface area contributed by atoms with Gasteiger partial charge < -0.3 is 9.80 Å². The first-order chi connectivity index (χ1) is 8.22. The lowest BCUT2D eigenvalue weighted by Crippen LogP contribution is -2.37. The van der Waals surface area contributed by atoms with Gasteiger partial charge in [0.25, 0.3) is 0 Å². The number of hydrogen-bond donors (Lipinski definition) is 0. The molecule has 1 unspecified atom stereocenters. The van der Waals surface area contributed by atoms with Crippen molar-refractivity contribution in [3.05, 3.63) is 12.7 Å². The highest BCUT2D eigenvalue weighted by molar-refractivity contribution is 5.87. The van der Waals surface area contributed by atoms with Crippen LogP contribution in [0.2, 0.25) is 0 Å². The van der Waals surface area contributed by atoms with Crippen LogP contribution in [0.3, 0.4) is 0 Å². The van der Waals surface area contributed by atoms with Gasteiger partial charge in [-0.25, -0.2) is 0 Å². The first-order valence-corrected chi connectivity index (χ1v) is 6.43. The van der Waals surface area contributed by atoms with Crippen molar-refractivity contribution < 1.29 is 9.59 Å². The van der Waals surface area contributed by atoms with Crippen molar-refractivity contribution in [1.82, 2.24) is 9.80 Å². The summed E-state index contributed by atoms with van der Waals surface area (Å²) in [6.45, 7) is 5.97. The molecule has 2 saturated heterocycles. The molecule has 1 atom stereocenters. The molecule has 0 aromatic rings. The first-order valence-electron chi connectivity index (χ1n) is 6.43. The second kappa shape index (κ2) is 5.34. The van der Waals surface area contributed by atoms with Crippen LogP contribution in [-0.2, 0) is 9.59 Å². The summed E-state index contributed by atoms with van der Waals surface area (Å²) >= 11 is 0. The lowest BCUT2D eigenvalue weighted by atomic mass is 10.1. The summed E-state index contributed by atoms with van der Waals surface area (Å²) in [5.41, 5.74) is 0. The van der Waals surface area contributed by atoms with Gasteiger partial charge in [0.1, 0.15) is 0 Å². The van der Waals surface area contributed by atoms with E-state index in [4.69, 9.17) is 0 Å². The molecule has 94 valence electrons. The minimum absolute atomic E-state index is 0.0124. The fourth-order valence-corrected chi connectivity index (χ4v) is 2.80. The van der Waals surface area contributed by atoms with Crippen molar-refractivity contribution in [3.8, 4) is 0 Å². The van der Waals surface area contributed by atoms with E-state index in [0.717, 1.165) is 45.3 Å². The van der Waals surface area contributed by atoms with Crippen molar-refractivity contribution in [2.75, 3.05) is 19.6 Å². The standard InChI is InChI=1S/C13H20N2O2/c1-2-12(16)14-8-3-5-11(7-10-14)15-9-4-6-13(15)17/h2,11H,1,3-10H2. The number of hydrogen-bond acceptors (Lipinski definition) is 2. The molecule has 2 heterocycles. The normalized spacial score (nSPS) is 25.9. The highest BCUT2D eigenvalue weighted by Crippen LogP contribution is 2.22. The molecule has 2 fully saturated rings. The van der Waals surface area contributed by atoms with Gasteiger partial charge in [0.15, 0.2) is 0 Å². The predicted octanol–water partition coefficient (Wildman–Crippen LogP) is 1.18. The van der Waals surface area contributed by atoms with Crippen LogP contribution in [0.5, 0.6) is 0 Å². The number of nitrogens with zero attached hydrogens (tertiary/aromatic N) is 2. The van der Waals surface area contributed by atoms with Gasteiger partial charge in [0, 0.05) is 32.1 Å². The van der Waals surface area contributed by atoms with Crippen LogP contribution in [0.4, 0.5) is 0 Å². The van der Waals surface area contributed by atoms with Crippen molar-refractivity contribution >= 4 is 11.8 Å². The monoisotopic (exact) mass is 236 g/mol. The van der Waals surface area contributed by atoms with Crippen molar-refractivity contribution in [1.29, 1.82) is 0 Å². The molecule has 0 bridgehead atoms. The Balaban J connectivity index is 1.93. The Hall–Kier alpha value is -1.32. The summed E-state index contributed by atoms with van der Waals surface area (Å²) < 4.78 is 0. The SMILES string of the molecule is C=CC(=O)N1CCCC(N2CCCC2=O)CC1. The Morgan fingerprint density at radius 2 is 2.06 bits per heavy atom. The Kier molecular flexibility index (Phi) is 3.82. The van der Waals surface area contributed by atoms with E-state index in [2.05, 4.69) is 6.58 Å². The van der Waals surface area contributed by atoms with E-state index < -0.39 is 0 Å². The number of carbonyl (C=O) groups excluding carboxylic acids is 2. The molecule has 4 nitrogen and oxygen atoms in total. The molecule has 2 rings (SSSR count). The van der Waals surface area contributed by atoms with E-state index in [-0.39, 0.29) is 5.91 Å². The molecule has 0 spiro atoms. The minimum Gasteiger partial charge on any atom is -0.340 e. The molecule has 0 aromatic heterocycles. The summed E-state index contributed by atoms with van der Waals surface area (Å²) in [6.07, 6.45) is 5.98. The summed E-state index contributed by atoms with van der Waals surface area (Å²) in [5.74, 6) is 0.303. The zero-order valence-electron chi connectivity index (χ0n) is 10.2. The highest BCUT2D eigenvalue weighted by Gasteiger charge is 2.29. The van der Waals surface area contributed by atoms with Crippen LogP contribution in [0.25, 0.3) is 0 Å². The molecule has 0 N–H and O–H groups in total. The van der Waals surface area contributed by atoms with Gasteiger partial charge in [-0.15, -0.1) is 0 Å². The zero-order valence-corrected chi connectivity index (χ0v) is 10.2. The average Bonchev–Trinajstić information content (AvgIpc) is 2.63. The summed E-state index contributed by atoms with van der Waals surface area (Å²) in [7, 11) is 0. The molecule has 2 aliphatic rings. The highest BCUT2D eigenvalue weighted by atomic mass is 16.2. The fraction of sp³-hybridized carbons (Fsp3) is 0.692. The van der Waals surface area contributed by atoms with E-state index in [0.29, 0.717) is 18.4 Å². The van der Waals surface area contributed by atoms with Crippen LogP contribution >= 0.6 is 0 Å². The van der Waals surface area contributed by atoms with Crippen LogP contribution in [0.1, 0.15) is 32.1 Å². The number of amides is 2. The smallest absolute Gasteiger partial charge is 0.245 e. The molecular weight excluding hydrogens is 216 g/mol. The third-order valence-electron chi connectivity index (χ3n) is 3.73. The second-order valence-corrected chi connectivity index (χ2v) is 4.80. The largest absolute Gasteiger partial charge is 0.340 e. The maximum absolute atomic E-state index is 11.7. The number of carbonyl (C=O) groups is 2. The fourth-order valence-electron chi connectivity index (χ4n) is 2.80. The molecular formula is C13H20N2O2. The van der Waals surface area contributed by atoms with Gasteiger partial charge >= 0.3 is 0 Å². The van der Waals surface area contributed by atoms with Crippen molar-refractivity contribution in [2.24, 2.45) is 0 Å². The van der Waals surface area contributed by atoms with Gasteiger partial charge in [-0.05, 0) is 31.8 Å². The minimum atomic E-state index is 0.0124. The molecule has 0 radical (unpaired) electrons. The lowest BCUT2D eigenvalue weighted by Gasteiger charge is -2.26. The van der Waals surface area contributed by atoms with Crippen LogP contribution in [-0.4, -0.2) is 47.3 Å². The van der Waals surface area contributed by atoms with Gasteiger partial charge in [0.2, 0.25) is 11.8 Å². The zero-order chi connectivity index (χ0) is 12.3. The molecule has 2 amide bonds. The van der Waals surface area contributed by atoms with Crippen LogP contribution in [0, 0.1) is 0 Å². The van der Waals surface area contributed by atoms with E-state index >= 15 is 0 Å². The average molecular weight is 236 g/mol. The van der Waals surface area contributed by atoms with Gasteiger partial charge in [0.05, 0.1) is 0 Å². The number of rotatable bonds is 2. The third kappa shape index (κ3) is 2.68. The topological polar surface area (TPSA) is 40.6 Å². The van der Waals surface area contributed by atoms with Crippen LogP contribution < -0.4 is 0 Å². The quantitative estimate of drug-likeness (QED) is 0.675. The molecule has 2 aliphatic heterocycles. The van der Waals surface area contributed by atoms with E-state index in [1.165, 1.54) is 6.08 Å². The van der Waals surface area contributed by atoms with E-state index in [1.807, 2.05) is 9.80 Å². The molecule has 0 saturated carbocycles. The Morgan fingerprint density at radius 3 is 2.71 bits per heavy atom. The second-order valence-electron chi connectivity index (χ2n) is 4.80. The summed E-state index contributed by atoms with van der Waals surface area (Å²) in [6, 6.07) is 0.340.